The molecule has 0 unspecified atom stereocenters. The summed E-state index contributed by atoms with van der Waals surface area (Å²) in [5.74, 6) is 0.726. The number of ether oxygens (including phenoxy) is 2. The molecule has 4 amide bonds. The molecule has 160 valence electrons. The summed E-state index contributed by atoms with van der Waals surface area (Å²) in [6.45, 7) is 6.71. The lowest BCUT2D eigenvalue weighted by atomic mass is 9.88. The molecule has 29 heavy (non-hydrogen) atoms. The third-order valence-corrected chi connectivity index (χ3v) is 4.73. The van der Waals surface area contributed by atoms with Gasteiger partial charge in [-0.1, -0.05) is 26.7 Å². The van der Waals surface area contributed by atoms with E-state index in [-0.39, 0.29) is 25.6 Å². The van der Waals surface area contributed by atoms with Gasteiger partial charge in [-0.25, -0.2) is 4.79 Å². The van der Waals surface area contributed by atoms with Gasteiger partial charge in [0.1, 0.15) is 30.2 Å². The molecule has 0 spiro atoms. The van der Waals surface area contributed by atoms with Gasteiger partial charge < -0.3 is 20.1 Å². The van der Waals surface area contributed by atoms with Crippen molar-refractivity contribution in [2.45, 2.75) is 52.0 Å². The van der Waals surface area contributed by atoms with Crippen molar-refractivity contribution < 1.29 is 23.9 Å². The van der Waals surface area contributed by atoms with E-state index in [2.05, 4.69) is 10.6 Å². The quantitative estimate of drug-likeness (QED) is 0.411. The summed E-state index contributed by atoms with van der Waals surface area (Å²) in [5.41, 5.74) is -0.877. The van der Waals surface area contributed by atoms with Gasteiger partial charge in [-0.15, -0.1) is 0 Å². The van der Waals surface area contributed by atoms with Crippen LogP contribution in [-0.2, 0) is 9.59 Å². The van der Waals surface area contributed by atoms with Crippen LogP contribution in [0.4, 0.5) is 4.79 Å². The molecule has 0 radical (unpaired) electrons. The second-order valence-electron chi connectivity index (χ2n) is 7.01. The summed E-state index contributed by atoms with van der Waals surface area (Å²) in [6, 6.07) is 6.71. The normalized spacial score (nSPS) is 15.2. The number of nitrogens with one attached hydrogen (secondary N) is 2. The fourth-order valence-corrected chi connectivity index (χ4v) is 3.49. The summed E-state index contributed by atoms with van der Waals surface area (Å²) in [7, 11) is 0. The standard InChI is InChI=1S/C21H31N3O5/c1-4-11-21(12-5-2)19(26)24(20(27)23-21)15-18(25)22-13-14-29-17-9-7-16(8-10-17)28-6-3/h7-10H,4-6,11-15H2,1-3H3,(H,22,25)(H,23,27). The van der Waals surface area contributed by atoms with Crippen LogP contribution >= 0.6 is 0 Å². The summed E-state index contributed by atoms with van der Waals surface area (Å²) >= 11 is 0. The van der Waals surface area contributed by atoms with Gasteiger partial charge >= 0.3 is 6.03 Å². The maximum atomic E-state index is 12.8. The molecule has 0 atom stereocenters. The fourth-order valence-electron chi connectivity index (χ4n) is 3.49. The van der Waals surface area contributed by atoms with E-state index < -0.39 is 17.5 Å². The van der Waals surface area contributed by atoms with E-state index in [9.17, 15) is 14.4 Å². The van der Waals surface area contributed by atoms with Gasteiger partial charge in [-0.05, 0) is 44.0 Å². The minimum Gasteiger partial charge on any atom is -0.494 e. The minimum absolute atomic E-state index is 0.269. The molecule has 1 aliphatic rings. The molecule has 0 saturated carbocycles. The Bertz CT molecular complexity index is 699. The maximum absolute atomic E-state index is 12.8. The van der Waals surface area contributed by atoms with Crippen molar-refractivity contribution in [3.8, 4) is 11.5 Å². The highest BCUT2D eigenvalue weighted by Gasteiger charge is 2.50. The van der Waals surface area contributed by atoms with Crippen molar-refractivity contribution in [3.63, 3.8) is 0 Å². The van der Waals surface area contributed by atoms with E-state index in [0.717, 1.165) is 23.5 Å². The molecule has 0 bridgehead atoms. The summed E-state index contributed by atoms with van der Waals surface area (Å²) < 4.78 is 10.9. The van der Waals surface area contributed by atoms with Gasteiger partial charge in [0.05, 0.1) is 13.2 Å². The van der Waals surface area contributed by atoms with Crippen LogP contribution in [0.3, 0.4) is 0 Å². The van der Waals surface area contributed by atoms with Crippen molar-refractivity contribution >= 4 is 17.8 Å². The number of carbonyl (C=O) groups is 3. The predicted octanol–water partition coefficient (Wildman–Crippen LogP) is 2.47. The second-order valence-corrected chi connectivity index (χ2v) is 7.01. The predicted molar refractivity (Wildman–Crippen MR) is 109 cm³/mol. The van der Waals surface area contributed by atoms with Crippen molar-refractivity contribution in [3.05, 3.63) is 24.3 Å². The number of imide groups is 1. The van der Waals surface area contributed by atoms with E-state index in [0.29, 0.717) is 25.2 Å². The van der Waals surface area contributed by atoms with E-state index in [1.54, 1.807) is 12.1 Å². The molecule has 0 aliphatic carbocycles. The maximum Gasteiger partial charge on any atom is 0.325 e. The zero-order valence-corrected chi connectivity index (χ0v) is 17.5. The highest BCUT2D eigenvalue weighted by Crippen LogP contribution is 2.27. The fraction of sp³-hybridized carbons (Fsp3) is 0.571. The smallest absolute Gasteiger partial charge is 0.325 e. The Labute approximate surface area is 171 Å². The topological polar surface area (TPSA) is 97.0 Å². The molecule has 2 N–H and O–H groups in total. The molecular weight excluding hydrogens is 374 g/mol. The Kier molecular flexibility index (Phi) is 8.30. The SMILES string of the molecule is CCCC1(CCC)NC(=O)N(CC(=O)NCCOc2ccc(OCC)cc2)C1=O. The van der Waals surface area contributed by atoms with Gasteiger partial charge in [-0.2, -0.15) is 0 Å². The van der Waals surface area contributed by atoms with Gasteiger partial charge in [0.15, 0.2) is 0 Å². The molecule has 1 aliphatic heterocycles. The first-order chi connectivity index (χ1) is 14.0. The molecule has 1 fully saturated rings. The van der Waals surface area contributed by atoms with Gasteiger partial charge in [0, 0.05) is 0 Å². The van der Waals surface area contributed by atoms with Gasteiger partial charge in [-0.3, -0.25) is 14.5 Å². The monoisotopic (exact) mass is 405 g/mol. The second kappa shape index (κ2) is 10.7. The van der Waals surface area contributed by atoms with Crippen LogP contribution in [0.25, 0.3) is 0 Å². The van der Waals surface area contributed by atoms with Crippen LogP contribution in [0, 0.1) is 0 Å². The lowest BCUT2D eigenvalue weighted by Gasteiger charge is -2.25. The number of benzene rings is 1. The number of hydrogen-bond donors (Lipinski definition) is 2. The lowest BCUT2D eigenvalue weighted by Crippen LogP contribution is -2.47. The first-order valence-electron chi connectivity index (χ1n) is 10.2. The number of rotatable bonds is 12. The molecule has 1 saturated heterocycles. The Morgan fingerprint density at radius 3 is 2.17 bits per heavy atom. The van der Waals surface area contributed by atoms with Crippen LogP contribution in [0.1, 0.15) is 46.5 Å². The zero-order chi connectivity index (χ0) is 21.3. The molecule has 1 heterocycles. The van der Waals surface area contributed by atoms with Crippen molar-refractivity contribution in [1.82, 2.24) is 15.5 Å². The van der Waals surface area contributed by atoms with E-state index in [4.69, 9.17) is 9.47 Å². The van der Waals surface area contributed by atoms with Gasteiger partial charge in [0.25, 0.3) is 5.91 Å². The molecule has 0 aromatic heterocycles. The Hall–Kier alpha value is -2.77. The van der Waals surface area contributed by atoms with Crippen LogP contribution in [-0.4, -0.2) is 54.6 Å². The molecular formula is C21H31N3O5. The van der Waals surface area contributed by atoms with Crippen LogP contribution < -0.4 is 20.1 Å². The summed E-state index contributed by atoms with van der Waals surface area (Å²) in [4.78, 5) is 38.2. The number of carbonyl (C=O) groups excluding carboxylic acids is 3. The summed E-state index contributed by atoms with van der Waals surface area (Å²) in [6.07, 6.45) is 2.68. The zero-order valence-electron chi connectivity index (χ0n) is 17.5. The van der Waals surface area contributed by atoms with Crippen LogP contribution in [0.5, 0.6) is 11.5 Å². The van der Waals surface area contributed by atoms with E-state index >= 15 is 0 Å². The van der Waals surface area contributed by atoms with E-state index in [1.807, 2.05) is 32.9 Å². The van der Waals surface area contributed by atoms with Crippen molar-refractivity contribution in [1.29, 1.82) is 0 Å². The Balaban J connectivity index is 1.78. The highest BCUT2D eigenvalue weighted by atomic mass is 16.5. The third-order valence-electron chi connectivity index (χ3n) is 4.73. The number of hydrogen-bond acceptors (Lipinski definition) is 5. The van der Waals surface area contributed by atoms with Crippen LogP contribution in [0.2, 0.25) is 0 Å². The van der Waals surface area contributed by atoms with Crippen LogP contribution in [0.15, 0.2) is 24.3 Å². The highest BCUT2D eigenvalue weighted by molar-refractivity contribution is 6.09. The van der Waals surface area contributed by atoms with Gasteiger partial charge in [0.2, 0.25) is 5.91 Å². The molecule has 1 aromatic carbocycles. The van der Waals surface area contributed by atoms with E-state index in [1.165, 1.54) is 0 Å². The lowest BCUT2D eigenvalue weighted by molar-refractivity contribution is -0.135. The van der Waals surface area contributed by atoms with Crippen molar-refractivity contribution in [2.24, 2.45) is 0 Å². The Morgan fingerprint density at radius 1 is 1.03 bits per heavy atom. The molecule has 2 rings (SSSR count). The molecule has 8 heteroatoms. The third kappa shape index (κ3) is 5.85. The minimum atomic E-state index is -0.877. The first kappa shape index (κ1) is 22.5. The largest absolute Gasteiger partial charge is 0.494 e. The number of nitrogens with zero attached hydrogens (tertiary/aromatic N) is 1. The Morgan fingerprint density at radius 2 is 1.62 bits per heavy atom. The summed E-state index contributed by atoms with van der Waals surface area (Å²) in [5, 5.41) is 5.48. The first-order valence-corrected chi connectivity index (χ1v) is 10.2. The number of amides is 4. The average Bonchev–Trinajstić information content (AvgIpc) is 2.91. The number of urea groups is 1. The van der Waals surface area contributed by atoms with Crippen molar-refractivity contribution in [2.75, 3.05) is 26.3 Å². The molecule has 8 nitrogen and oxygen atoms in total. The average molecular weight is 405 g/mol. The molecule has 1 aromatic rings.